The summed E-state index contributed by atoms with van der Waals surface area (Å²) in [4.78, 5) is 20.7. The first-order valence-corrected chi connectivity index (χ1v) is 7.96. The molecule has 3 heterocycles. The molecule has 0 atom stereocenters. The Morgan fingerprint density at radius 1 is 1.32 bits per heavy atom. The number of hydrogen-bond donors (Lipinski definition) is 1. The van der Waals surface area contributed by atoms with Crippen LogP contribution in [-0.4, -0.2) is 25.7 Å². The Morgan fingerprint density at radius 3 is 2.82 bits per heavy atom. The molecule has 3 aromatic rings. The first-order valence-electron chi connectivity index (χ1n) is 7.02. The number of carbonyl (C=O) groups is 1. The van der Waals surface area contributed by atoms with Crippen LogP contribution in [0.15, 0.2) is 41.4 Å². The zero-order valence-corrected chi connectivity index (χ0v) is 12.5. The van der Waals surface area contributed by atoms with Crippen molar-refractivity contribution in [2.24, 2.45) is 0 Å². The summed E-state index contributed by atoms with van der Waals surface area (Å²) in [6.07, 6.45) is 5.60. The molecular weight excluding hydrogens is 298 g/mol. The summed E-state index contributed by atoms with van der Waals surface area (Å²) in [5.41, 5.74) is 1.62. The van der Waals surface area contributed by atoms with Gasteiger partial charge in [0.15, 0.2) is 0 Å². The molecule has 6 nitrogen and oxygen atoms in total. The second-order valence-corrected chi connectivity index (χ2v) is 5.94. The molecule has 0 bridgehead atoms. The number of amides is 1. The summed E-state index contributed by atoms with van der Waals surface area (Å²) in [6.45, 7) is 0. The molecule has 22 heavy (non-hydrogen) atoms. The predicted octanol–water partition coefficient (Wildman–Crippen LogP) is 2.85. The van der Waals surface area contributed by atoms with Gasteiger partial charge in [-0.1, -0.05) is 0 Å². The van der Waals surface area contributed by atoms with Crippen molar-refractivity contribution in [2.75, 3.05) is 5.32 Å². The van der Waals surface area contributed by atoms with E-state index in [1.165, 1.54) is 11.3 Å². The number of nitrogens with one attached hydrogen (secondary N) is 1. The van der Waals surface area contributed by atoms with E-state index in [0.717, 1.165) is 18.5 Å². The zero-order valence-electron chi connectivity index (χ0n) is 11.6. The van der Waals surface area contributed by atoms with Crippen LogP contribution >= 0.6 is 11.3 Å². The normalized spacial score (nSPS) is 14.0. The fourth-order valence-electron chi connectivity index (χ4n) is 2.20. The van der Waals surface area contributed by atoms with E-state index < -0.39 is 0 Å². The third-order valence-electron chi connectivity index (χ3n) is 3.49. The third kappa shape index (κ3) is 2.50. The molecule has 0 radical (unpaired) electrons. The molecule has 0 aromatic carbocycles. The van der Waals surface area contributed by atoms with Crippen molar-refractivity contribution in [3.05, 3.63) is 52.6 Å². The van der Waals surface area contributed by atoms with E-state index in [4.69, 9.17) is 0 Å². The average molecular weight is 311 g/mol. The van der Waals surface area contributed by atoms with Gasteiger partial charge in [-0.05, 0) is 30.4 Å². The van der Waals surface area contributed by atoms with Gasteiger partial charge in [0.05, 0.1) is 11.3 Å². The van der Waals surface area contributed by atoms with E-state index in [0.29, 0.717) is 23.2 Å². The summed E-state index contributed by atoms with van der Waals surface area (Å²) < 4.78 is 1.60. The standard InChI is InChI=1S/C15H13N5OS/c21-14(11-4-7-22-9-11)18-13-8-12(10-2-3-10)19-20(13)15-16-5-1-6-17-15/h1,4-10H,2-3H2,(H,18,21). The van der Waals surface area contributed by atoms with Gasteiger partial charge in [0.2, 0.25) is 0 Å². The summed E-state index contributed by atoms with van der Waals surface area (Å²) in [5.74, 6) is 1.39. The summed E-state index contributed by atoms with van der Waals surface area (Å²) in [6, 6.07) is 5.46. The molecule has 0 aliphatic heterocycles. The Kier molecular flexibility index (Phi) is 3.19. The van der Waals surface area contributed by atoms with Gasteiger partial charge in [-0.2, -0.15) is 21.1 Å². The molecule has 1 N–H and O–H groups in total. The lowest BCUT2D eigenvalue weighted by Gasteiger charge is -2.06. The van der Waals surface area contributed by atoms with Gasteiger partial charge in [0.1, 0.15) is 5.82 Å². The maximum absolute atomic E-state index is 12.3. The van der Waals surface area contributed by atoms with Crippen LogP contribution in [0.2, 0.25) is 0 Å². The Morgan fingerprint density at radius 2 is 2.14 bits per heavy atom. The highest BCUT2D eigenvalue weighted by atomic mass is 32.1. The van der Waals surface area contributed by atoms with Gasteiger partial charge >= 0.3 is 0 Å². The van der Waals surface area contributed by atoms with Crippen molar-refractivity contribution in [1.82, 2.24) is 19.7 Å². The summed E-state index contributed by atoms with van der Waals surface area (Å²) in [5, 5.41) is 11.2. The highest BCUT2D eigenvalue weighted by Gasteiger charge is 2.28. The molecule has 1 aliphatic rings. The SMILES string of the molecule is O=C(Nc1cc(C2CC2)nn1-c1ncccn1)c1ccsc1. The van der Waals surface area contributed by atoms with Gasteiger partial charge in [-0.25, -0.2) is 9.97 Å². The molecule has 1 fully saturated rings. The Labute approximate surface area is 130 Å². The molecule has 0 saturated heterocycles. The monoisotopic (exact) mass is 311 g/mol. The van der Waals surface area contributed by atoms with Crippen molar-refractivity contribution in [2.45, 2.75) is 18.8 Å². The highest BCUT2D eigenvalue weighted by Crippen LogP contribution is 2.40. The van der Waals surface area contributed by atoms with E-state index in [1.807, 2.05) is 16.8 Å². The number of nitrogens with zero attached hydrogens (tertiary/aromatic N) is 4. The van der Waals surface area contributed by atoms with Gasteiger partial charge in [-0.15, -0.1) is 0 Å². The Balaban J connectivity index is 1.69. The van der Waals surface area contributed by atoms with Crippen LogP contribution in [0.1, 0.15) is 34.8 Å². The predicted molar refractivity (Wildman–Crippen MR) is 83.4 cm³/mol. The van der Waals surface area contributed by atoms with E-state index >= 15 is 0 Å². The van der Waals surface area contributed by atoms with Crippen molar-refractivity contribution in [3.8, 4) is 5.95 Å². The Bertz CT molecular complexity index is 793. The first kappa shape index (κ1) is 13.1. The van der Waals surface area contributed by atoms with Crippen LogP contribution in [0, 0.1) is 0 Å². The quantitative estimate of drug-likeness (QED) is 0.804. The van der Waals surface area contributed by atoms with Gasteiger partial charge in [0.25, 0.3) is 11.9 Å². The molecule has 1 amide bonds. The summed E-state index contributed by atoms with van der Waals surface area (Å²) in [7, 11) is 0. The fraction of sp³-hybridized carbons (Fsp3) is 0.200. The lowest BCUT2D eigenvalue weighted by atomic mass is 10.3. The molecule has 7 heteroatoms. The van der Waals surface area contributed by atoms with Crippen LogP contribution in [0.5, 0.6) is 0 Å². The van der Waals surface area contributed by atoms with E-state index in [9.17, 15) is 4.79 Å². The van der Waals surface area contributed by atoms with E-state index in [1.54, 1.807) is 29.2 Å². The molecule has 4 rings (SSSR count). The minimum absolute atomic E-state index is 0.152. The van der Waals surface area contributed by atoms with Crippen LogP contribution in [0.3, 0.4) is 0 Å². The molecule has 1 aliphatic carbocycles. The fourth-order valence-corrected chi connectivity index (χ4v) is 2.84. The molecular formula is C15H13N5OS. The van der Waals surface area contributed by atoms with E-state index in [2.05, 4.69) is 20.4 Å². The number of rotatable bonds is 4. The van der Waals surface area contributed by atoms with Crippen molar-refractivity contribution >= 4 is 23.1 Å². The first-order chi connectivity index (χ1) is 10.8. The topological polar surface area (TPSA) is 72.7 Å². The zero-order chi connectivity index (χ0) is 14.9. The van der Waals surface area contributed by atoms with Crippen molar-refractivity contribution in [1.29, 1.82) is 0 Å². The maximum atomic E-state index is 12.3. The van der Waals surface area contributed by atoms with E-state index in [-0.39, 0.29) is 5.91 Å². The summed E-state index contributed by atoms with van der Waals surface area (Å²) >= 11 is 1.49. The van der Waals surface area contributed by atoms with Gasteiger partial charge < -0.3 is 5.32 Å². The number of anilines is 1. The van der Waals surface area contributed by atoms with Gasteiger partial charge in [0, 0.05) is 29.8 Å². The lowest BCUT2D eigenvalue weighted by molar-refractivity contribution is 0.102. The second kappa shape index (κ2) is 5.34. The highest BCUT2D eigenvalue weighted by molar-refractivity contribution is 7.08. The van der Waals surface area contributed by atoms with Crippen molar-refractivity contribution < 1.29 is 4.79 Å². The minimum Gasteiger partial charge on any atom is -0.306 e. The lowest BCUT2D eigenvalue weighted by Crippen LogP contribution is -2.15. The maximum Gasteiger partial charge on any atom is 0.257 e. The van der Waals surface area contributed by atoms with Crippen LogP contribution in [-0.2, 0) is 0 Å². The molecule has 3 aromatic heterocycles. The molecule has 0 unspecified atom stereocenters. The number of thiophene rings is 1. The average Bonchev–Trinajstić information content (AvgIpc) is 3.09. The molecule has 1 saturated carbocycles. The number of hydrogen-bond acceptors (Lipinski definition) is 5. The van der Waals surface area contributed by atoms with Crippen LogP contribution < -0.4 is 5.32 Å². The Hall–Kier alpha value is -2.54. The van der Waals surface area contributed by atoms with Gasteiger partial charge in [-0.3, -0.25) is 4.79 Å². The molecule has 110 valence electrons. The largest absolute Gasteiger partial charge is 0.306 e. The third-order valence-corrected chi connectivity index (χ3v) is 4.17. The van der Waals surface area contributed by atoms with Crippen molar-refractivity contribution in [3.63, 3.8) is 0 Å². The van der Waals surface area contributed by atoms with Crippen LogP contribution in [0.25, 0.3) is 5.95 Å². The number of aromatic nitrogens is 4. The minimum atomic E-state index is -0.152. The number of carbonyl (C=O) groups excluding carboxylic acids is 1. The smallest absolute Gasteiger partial charge is 0.257 e. The second-order valence-electron chi connectivity index (χ2n) is 5.16. The molecule has 0 spiro atoms. The van der Waals surface area contributed by atoms with Crippen LogP contribution in [0.4, 0.5) is 5.82 Å².